The van der Waals surface area contributed by atoms with Crippen LogP contribution in [0.4, 0.5) is 0 Å². The molecule has 0 unspecified atom stereocenters. The van der Waals surface area contributed by atoms with Crippen molar-refractivity contribution in [3.8, 4) is 0 Å². The summed E-state index contributed by atoms with van der Waals surface area (Å²) in [5.41, 5.74) is 1.09. The largest absolute Gasteiger partial charge is 0.462 e. The van der Waals surface area contributed by atoms with Gasteiger partial charge in [0, 0.05) is 0 Å². The molecule has 0 aliphatic carbocycles. The summed E-state index contributed by atoms with van der Waals surface area (Å²) >= 11 is 0. The SMILES string of the molecule is CC(C)COC(=O)c1ccccc1C(=O)OCC(C)C.CCCCCCCCOC(=O)c1ccccc1C(=O)OCCCCCCCC. The van der Waals surface area contributed by atoms with Crippen LogP contribution in [0.3, 0.4) is 0 Å². The van der Waals surface area contributed by atoms with Gasteiger partial charge in [0.05, 0.1) is 48.7 Å². The van der Waals surface area contributed by atoms with Gasteiger partial charge >= 0.3 is 23.9 Å². The zero-order valence-corrected chi connectivity index (χ0v) is 30.4. The predicted octanol–water partition coefficient (Wildman–Crippen LogP) is 10.0. The van der Waals surface area contributed by atoms with Crippen molar-refractivity contribution in [3.63, 3.8) is 0 Å². The van der Waals surface area contributed by atoms with E-state index in [0.29, 0.717) is 37.6 Å². The van der Waals surface area contributed by atoms with Crippen LogP contribution in [0.1, 0.15) is 160 Å². The van der Waals surface area contributed by atoms with E-state index in [0.717, 1.165) is 25.7 Å². The molecule has 0 fully saturated rings. The fourth-order valence-electron chi connectivity index (χ4n) is 4.57. The van der Waals surface area contributed by atoms with Crippen molar-refractivity contribution in [2.75, 3.05) is 26.4 Å². The maximum absolute atomic E-state index is 12.4. The molecule has 2 aromatic carbocycles. The molecule has 0 amide bonds. The maximum Gasteiger partial charge on any atom is 0.339 e. The Balaban J connectivity index is 0.000000507. The van der Waals surface area contributed by atoms with Crippen LogP contribution in [-0.4, -0.2) is 50.3 Å². The molecule has 0 aromatic heterocycles. The highest BCUT2D eigenvalue weighted by molar-refractivity contribution is 6.03. The van der Waals surface area contributed by atoms with Crippen LogP contribution in [0.5, 0.6) is 0 Å². The van der Waals surface area contributed by atoms with Crippen LogP contribution in [-0.2, 0) is 18.9 Å². The monoisotopic (exact) mass is 668 g/mol. The van der Waals surface area contributed by atoms with Crippen LogP contribution in [0.25, 0.3) is 0 Å². The van der Waals surface area contributed by atoms with Crippen molar-refractivity contribution < 1.29 is 38.1 Å². The summed E-state index contributed by atoms with van der Waals surface area (Å²) < 4.78 is 21.0. The molecule has 0 aliphatic rings. The Morgan fingerprint density at radius 1 is 0.438 bits per heavy atom. The van der Waals surface area contributed by atoms with E-state index in [9.17, 15) is 19.2 Å². The van der Waals surface area contributed by atoms with Crippen LogP contribution in [0, 0.1) is 11.8 Å². The third-order valence-electron chi connectivity index (χ3n) is 7.29. The van der Waals surface area contributed by atoms with E-state index >= 15 is 0 Å². The summed E-state index contributed by atoms with van der Waals surface area (Å²) in [7, 11) is 0. The Morgan fingerprint density at radius 2 is 0.708 bits per heavy atom. The fourth-order valence-corrected chi connectivity index (χ4v) is 4.57. The van der Waals surface area contributed by atoms with Gasteiger partial charge < -0.3 is 18.9 Å². The summed E-state index contributed by atoms with van der Waals surface area (Å²) in [5, 5.41) is 0. The lowest BCUT2D eigenvalue weighted by Crippen LogP contribution is -2.17. The first-order valence-electron chi connectivity index (χ1n) is 18.0. The van der Waals surface area contributed by atoms with Gasteiger partial charge in [0.1, 0.15) is 0 Å². The van der Waals surface area contributed by atoms with E-state index in [2.05, 4.69) is 13.8 Å². The molecule has 268 valence electrons. The molecule has 0 heterocycles. The lowest BCUT2D eigenvalue weighted by Gasteiger charge is -2.11. The minimum absolute atomic E-state index is 0.249. The molecule has 0 N–H and O–H groups in total. The van der Waals surface area contributed by atoms with E-state index in [1.807, 2.05) is 27.7 Å². The summed E-state index contributed by atoms with van der Waals surface area (Å²) in [6.07, 6.45) is 13.6. The minimum atomic E-state index is -0.490. The Hall–Kier alpha value is -3.68. The van der Waals surface area contributed by atoms with E-state index in [1.165, 1.54) is 51.4 Å². The first kappa shape index (κ1) is 42.3. The number of benzene rings is 2. The summed E-state index contributed by atoms with van der Waals surface area (Å²) in [5.74, 6) is -1.37. The standard InChI is InChI=1S/C24H38O4.C16H22O4/c1-3-5-7-9-11-15-19-27-23(25)21-17-13-14-18-22(21)24(26)28-20-16-12-10-8-6-4-2;1-11(2)9-19-15(17)13-7-5-6-8-14(13)16(18)20-10-12(3)4/h13-14,17-18H,3-12,15-16,19-20H2,1-2H3;5-8,11-12H,9-10H2,1-4H3. The summed E-state index contributed by atoms with van der Waals surface area (Å²) in [6, 6.07) is 13.3. The highest BCUT2D eigenvalue weighted by Crippen LogP contribution is 2.15. The number of ether oxygens (including phenoxy) is 4. The molecule has 0 radical (unpaired) electrons. The van der Waals surface area contributed by atoms with Gasteiger partial charge in [-0.3, -0.25) is 0 Å². The molecule has 48 heavy (non-hydrogen) atoms. The smallest absolute Gasteiger partial charge is 0.339 e. The zero-order chi connectivity index (χ0) is 35.6. The molecular formula is C40H60O8. The normalized spacial score (nSPS) is 10.7. The van der Waals surface area contributed by atoms with Gasteiger partial charge in [-0.25, -0.2) is 19.2 Å². The van der Waals surface area contributed by atoms with Gasteiger partial charge in [-0.15, -0.1) is 0 Å². The lowest BCUT2D eigenvalue weighted by molar-refractivity contribution is 0.0412. The molecule has 8 nitrogen and oxygen atoms in total. The average molecular weight is 669 g/mol. The van der Waals surface area contributed by atoms with Gasteiger partial charge in [-0.1, -0.05) is 130 Å². The van der Waals surface area contributed by atoms with Crippen LogP contribution >= 0.6 is 0 Å². The Kier molecular flexibility index (Phi) is 23.2. The van der Waals surface area contributed by atoms with E-state index in [4.69, 9.17) is 18.9 Å². The molecule has 2 aromatic rings. The zero-order valence-electron chi connectivity index (χ0n) is 30.4. The molecule has 8 heteroatoms. The number of carbonyl (C=O) groups is 4. The van der Waals surface area contributed by atoms with Crippen molar-refractivity contribution in [1.82, 2.24) is 0 Å². The van der Waals surface area contributed by atoms with Gasteiger partial charge in [-0.05, 0) is 48.9 Å². The second-order valence-electron chi connectivity index (χ2n) is 12.9. The van der Waals surface area contributed by atoms with E-state index in [-0.39, 0.29) is 23.0 Å². The van der Waals surface area contributed by atoms with Gasteiger partial charge in [-0.2, -0.15) is 0 Å². The van der Waals surface area contributed by atoms with Crippen molar-refractivity contribution in [2.45, 2.75) is 119 Å². The molecule has 0 aliphatic heterocycles. The predicted molar refractivity (Wildman–Crippen MR) is 190 cm³/mol. The van der Waals surface area contributed by atoms with Crippen molar-refractivity contribution in [2.24, 2.45) is 11.8 Å². The molecule has 0 atom stereocenters. The molecule has 0 spiro atoms. The number of hydrogen-bond donors (Lipinski definition) is 0. The first-order chi connectivity index (χ1) is 23.1. The van der Waals surface area contributed by atoms with Crippen LogP contribution in [0.15, 0.2) is 48.5 Å². The fraction of sp³-hybridized carbons (Fsp3) is 0.600. The van der Waals surface area contributed by atoms with E-state index < -0.39 is 23.9 Å². The topological polar surface area (TPSA) is 105 Å². The van der Waals surface area contributed by atoms with Gasteiger partial charge in [0.15, 0.2) is 0 Å². The number of hydrogen-bond acceptors (Lipinski definition) is 8. The lowest BCUT2D eigenvalue weighted by atomic mass is 10.1. The van der Waals surface area contributed by atoms with Crippen LogP contribution in [0.2, 0.25) is 0 Å². The Bertz CT molecular complexity index is 1110. The second kappa shape index (κ2) is 26.3. The number of esters is 4. The molecule has 0 bridgehead atoms. The first-order valence-corrected chi connectivity index (χ1v) is 18.0. The van der Waals surface area contributed by atoms with Crippen LogP contribution < -0.4 is 0 Å². The second-order valence-corrected chi connectivity index (χ2v) is 12.9. The molecule has 2 rings (SSSR count). The Morgan fingerprint density at radius 3 is 1.00 bits per heavy atom. The van der Waals surface area contributed by atoms with Crippen molar-refractivity contribution >= 4 is 23.9 Å². The molecular weight excluding hydrogens is 608 g/mol. The summed E-state index contributed by atoms with van der Waals surface area (Å²) in [6.45, 7) is 13.6. The van der Waals surface area contributed by atoms with Crippen molar-refractivity contribution in [3.05, 3.63) is 70.8 Å². The number of carbonyl (C=O) groups excluding carboxylic acids is 4. The molecule has 0 saturated carbocycles. The van der Waals surface area contributed by atoms with Gasteiger partial charge in [0.25, 0.3) is 0 Å². The highest BCUT2D eigenvalue weighted by atomic mass is 16.5. The number of rotatable bonds is 22. The van der Waals surface area contributed by atoms with Crippen molar-refractivity contribution in [1.29, 1.82) is 0 Å². The number of unbranched alkanes of at least 4 members (excludes halogenated alkanes) is 10. The average Bonchev–Trinajstić information content (AvgIpc) is 3.08. The third-order valence-corrected chi connectivity index (χ3v) is 7.29. The third kappa shape index (κ3) is 18.6. The molecule has 0 saturated heterocycles. The Labute approximate surface area is 289 Å². The maximum atomic E-state index is 12.4. The van der Waals surface area contributed by atoms with E-state index in [1.54, 1.807) is 48.5 Å². The minimum Gasteiger partial charge on any atom is -0.462 e. The summed E-state index contributed by atoms with van der Waals surface area (Å²) in [4.78, 5) is 48.7. The quantitative estimate of drug-likeness (QED) is 0.0693. The highest BCUT2D eigenvalue weighted by Gasteiger charge is 2.20. The van der Waals surface area contributed by atoms with Gasteiger partial charge in [0.2, 0.25) is 0 Å².